The molecule has 0 aromatic heterocycles. The molecule has 0 aliphatic rings. The molecule has 0 heterocycles. The number of aryl methyl sites for hydroxylation is 1. The monoisotopic (exact) mass is 267 g/mol. The van der Waals surface area contributed by atoms with E-state index in [4.69, 9.17) is 17.3 Å². The lowest BCUT2D eigenvalue weighted by Gasteiger charge is -2.14. The number of hydrogen-bond donors (Lipinski definition) is 1. The fourth-order valence-electron chi connectivity index (χ4n) is 1.75. The highest BCUT2D eigenvalue weighted by Crippen LogP contribution is 2.25. The molecule has 2 rings (SSSR count). The summed E-state index contributed by atoms with van der Waals surface area (Å²) in [6.07, 6.45) is 0. The van der Waals surface area contributed by atoms with Crippen molar-refractivity contribution in [1.82, 2.24) is 0 Å². The topological polar surface area (TPSA) is 26.0 Å². The van der Waals surface area contributed by atoms with Crippen molar-refractivity contribution >= 4 is 11.6 Å². The fraction of sp³-hybridized carbons (Fsp3) is 0.143. The molecule has 4 heteroatoms. The summed E-state index contributed by atoms with van der Waals surface area (Å²) in [7, 11) is 0. The number of rotatable bonds is 2. The Balaban J connectivity index is 2.42. The van der Waals surface area contributed by atoms with Crippen LogP contribution in [0.1, 0.15) is 22.7 Å². The van der Waals surface area contributed by atoms with Crippen LogP contribution in [0, 0.1) is 18.6 Å². The highest BCUT2D eigenvalue weighted by Gasteiger charge is 2.15. The first-order valence-electron chi connectivity index (χ1n) is 5.45. The number of benzene rings is 2. The normalized spacial score (nSPS) is 12.5. The van der Waals surface area contributed by atoms with Gasteiger partial charge in [-0.3, -0.25) is 0 Å². The van der Waals surface area contributed by atoms with E-state index >= 15 is 0 Å². The molecule has 94 valence electrons. The van der Waals surface area contributed by atoms with Crippen LogP contribution >= 0.6 is 11.6 Å². The minimum atomic E-state index is -0.711. The van der Waals surface area contributed by atoms with Gasteiger partial charge in [0.05, 0.1) is 6.04 Å². The van der Waals surface area contributed by atoms with Crippen molar-refractivity contribution < 1.29 is 8.78 Å². The Morgan fingerprint density at radius 3 is 2.28 bits per heavy atom. The van der Waals surface area contributed by atoms with E-state index in [0.29, 0.717) is 10.6 Å². The molecule has 0 radical (unpaired) electrons. The van der Waals surface area contributed by atoms with Crippen LogP contribution in [-0.2, 0) is 0 Å². The smallest absolute Gasteiger partial charge is 0.128 e. The first kappa shape index (κ1) is 13.0. The maximum atomic E-state index is 13.8. The van der Waals surface area contributed by atoms with Crippen molar-refractivity contribution in [2.45, 2.75) is 13.0 Å². The Labute approximate surface area is 109 Å². The first-order chi connectivity index (χ1) is 8.49. The molecule has 2 N–H and O–H groups in total. The molecule has 0 spiro atoms. The molecule has 0 aliphatic carbocycles. The highest BCUT2D eigenvalue weighted by atomic mass is 35.5. The second-order valence-electron chi connectivity index (χ2n) is 4.15. The Kier molecular flexibility index (Phi) is 3.64. The van der Waals surface area contributed by atoms with Gasteiger partial charge in [0, 0.05) is 10.6 Å². The molecule has 0 aliphatic heterocycles. The van der Waals surface area contributed by atoms with E-state index in [9.17, 15) is 8.78 Å². The van der Waals surface area contributed by atoms with Gasteiger partial charge in [-0.15, -0.1) is 0 Å². The summed E-state index contributed by atoms with van der Waals surface area (Å²) in [5, 5.41) is 0.571. The summed E-state index contributed by atoms with van der Waals surface area (Å²) < 4.78 is 27.2. The van der Waals surface area contributed by atoms with Crippen LogP contribution in [-0.4, -0.2) is 0 Å². The van der Waals surface area contributed by atoms with E-state index in [0.717, 1.165) is 12.1 Å². The summed E-state index contributed by atoms with van der Waals surface area (Å²) in [5.41, 5.74) is 7.02. The first-order valence-corrected chi connectivity index (χ1v) is 5.83. The minimum Gasteiger partial charge on any atom is -0.320 e. The van der Waals surface area contributed by atoms with Gasteiger partial charge in [-0.25, -0.2) is 8.78 Å². The van der Waals surface area contributed by atoms with Crippen molar-refractivity contribution in [3.05, 3.63) is 69.7 Å². The number of hydrogen-bond acceptors (Lipinski definition) is 1. The van der Waals surface area contributed by atoms with Crippen molar-refractivity contribution in [3.8, 4) is 0 Å². The molecule has 2 aromatic rings. The van der Waals surface area contributed by atoms with Gasteiger partial charge >= 0.3 is 0 Å². The van der Waals surface area contributed by atoms with Crippen LogP contribution in [0.15, 0.2) is 36.4 Å². The Morgan fingerprint density at radius 2 is 1.67 bits per heavy atom. The minimum absolute atomic E-state index is 0.139. The van der Waals surface area contributed by atoms with Crippen LogP contribution in [0.3, 0.4) is 0 Å². The molecule has 1 unspecified atom stereocenters. The summed E-state index contributed by atoms with van der Waals surface area (Å²) in [6.45, 7) is 1.51. The summed E-state index contributed by atoms with van der Waals surface area (Å²) in [6, 6.07) is 8.31. The quantitative estimate of drug-likeness (QED) is 0.875. The third-order valence-corrected chi connectivity index (χ3v) is 3.09. The van der Waals surface area contributed by atoms with Gasteiger partial charge in [-0.1, -0.05) is 23.7 Å². The van der Waals surface area contributed by atoms with Gasteiger partial charge < -0.3 is 5.73 Å². The van der Waals surface area contributed by atoms with Gasteiger partial charge in [-0.2, -0.15) is 0 Å². The predicted molar refractivity (Wildman–Crippen MR) is 68.6 cm³/mol. The lowest BCUT2D eigenvalue weighted by atomic mass is 9.98. The molecule has 18 heavy (non-hydrogen) atoms. The van der Waals surface area contributed by atoms with Crippen LogP contribution < -0.4 is 5.73 Å². The summed E-state index contributed by atoms with van der Waals surface area (Å²) >= 11 is 5.76. The standard InChI is InChI=1S/C14H12ClF2N/c1-8-6-13(17)11(7-12(8)16)14(18)9-2-4-10(15)5-3-9/h2-7,14H,18H2,1H3. The maximum Gasteiger partial charge on any atom is 0.128 e. The molecule has 0 bridgehead atoms. The summed E-state index contributed by atoms with van der Waals surface area (Å²) in [4.78, 5) is 0. The van der Waals surface area contributed by atoms with E-state index in [-0.39, 0.29) is 11.1 Å². The maximum absolute atomic E-state index is 13.8. The molecule has 1 nitrogen and oxygen atoms in total. The van der Waals surface area contributed by atoms with Crippen molar-refractivity contribution in [1.29, 1.82) is 0 Å². The second kappa shape index (κ2) is 5.04. The van der Waals surface area contributed by atoms with E-state index < -0.39 is 17.7 Å². The van der Waals surface area contributed by atoms with E-state index in [2.05, 4.69) is 0 Å². The number of halogens is 3. The number of nitrogens with two attached hydrogens (primary N) is 1. The lowest BCUT2D eigenvalue weighted by Crippen LogP contribution is -2.14. The second-order valence-corrected chi connectivity index (χ2v) is 4.59. The van der Waals surface area contributed by atoms with Gasteiger partial charge in [0.2, 0.25) is 0 Å². The Hall–Kier alpha value is -1.45. The van der Waals surface area contributed by atoms with Crippen LogP contribution in [0.25, 0.3) is 0 Å². The van der Waals surface area contributed by atoms with Crippen LogP contribution in [0.5, 0.6) is 0 Å². The van der Waals surface area contributed by atoms with Gasteiger partial charge in [0.15, 0.2) is 0 Å². The molecule has 1 atom stereocenters. The van der Waals surface area contributed by atoms with Crippen LogP contribution in [0.2, 0.25) is 5.02 Å². The molecule has 0 fully saturated rings. The molecular formula is C14H12ClF2N. The van der Waals surface area contributed by atoms with E-state index in [1.165, 1.54) is 6.92 Å². The van der Waals surface area contributed by atoms with E-state index in [1.807, 2.05) is 0 Å². The highest BCUT2D eigenvalue weighted by molar-refractivity contribution is 6.30. The Morgan fingerprint density at radius 1 is 1.06 bits per heavy atom. The van der Waals surface area contributed by atoms with Crippen molar-refractivity contribution in [3.63, 3.8) is 0 Å². The largest absolute Gasteiger partial charge is 0.320 e. The van der Waals surface area contributed by atoms with Crippen molar-refractivity contribution in [2.75, 3.05) is 0 Å². The SMILES string of the molecule is Cc1cc(F)c(C(N)c2ccc(Cl)cc2)cc1F. The fourth-order valence-corrected chi connectivity index (χ4v) is 1.88. The van der Waals surface area contributed by atoms with Gasteiger partial charge in [0.25, 0.3) is 0 Å². The summed E-state index contributed by atoms with van der Waals surface area (Å²) in [5.74, 6) is -0.966. The molecule has 0 amide bonds. The third-order valence-electron chi connectivity index (χ3n) is 2.84. The lowest BCUT2D eigenvalue weighted by molar-refractivity contribution is 0.570. The zero-order valence-electron chi connectivity index (χ0n) is 9.75. The van der Waals surface area contributed by atoms with Gasteiger partial charge in [0.1, 0.15) is 11.6 Å². The molecule has 0 saturated heterocycles. The van der Waals surface area contributed by atoms with Crippen molar-refractivity contribution in [2.24, 2.45) is 5.73 Å². The van der Waals surface area contributed by atoms with E-state index in [1.54, 1.807) is 24.3 Å². The zero-order valence-corrected chi connectivity index (χ0v) is 10.5. The average Bonchev–Trinajstić information content (AvgIpc) is 2.34. The average molecular weight is 268 g/mol. The Bertz CT molecular complexity index is 567. The zero-order chi connectivity index (χ0) is 13.3. The van der Waals surface area contributed by atoms with Crippen LogP contribution in [0.4, 0.5) is 8.78 Å². The molecule has 2 aromatic carbocycles. The molecular weight excluding hydrogens is 256 g/mol. The molecule has 0 saturated carbocycles. The third kappa shape index (κ3) is 2.52. The van der Waals surface area contributed by atoms with Gasteiger partial charge in [-0.05, 0) is 42.3 Å². The predicted octanol–water partition coefficient (Wildman–Crippen LogP) is 3.97.